The van der Waals surface area contributed by atoms with E-state index >= 15 is 0 Å². The van der Waals surface area contributed by atoms with Gasteiger partial charge >= 0.3 is 6.09 Å². The van der Waals surface area contributed by atoms with Crippen molar-refractivity contribution in [2.24, 2.45) is 0 Å². The van der Waals surface area contributed by atoms with Crippen molar-refractivity contribution in [3.05, 3.63) is 42.5 Å². The van der Waals surface area contributed by atoms with Gasteiger partial charge in [-0.15, -0.1) is 0 Å². The quantitative estimate of drug-likeness (QED) is 0.906. The lowest BCUT2D eigenvalue weighted by molar-refractivity contribution is 0.0551. The number of hydrogen-bond donors (Lipinski definition) is 1. The molecule has 8 heteroatoms. The lowest BCUT2D eigenvalue weighted by Gasteiger charge is -2.38. The van der Waals surface area contributed by atoms with Crippen molar-refractivity contribution in [2.45, 2.75) is 37.8 Å². The molecule has 2 heterocycles. The number of carbonyl (C=O) groups is 2. The Morgan fingerprint density at radius 3 is 2.23 bits per heavy atom. The van der Waals surface area contributed by atoms with E-state index in [1.165, 1.54) is 11.2 Å². The Labute approximate surface area is 151 Å². The predicted octanol–water partition coefficient (Wildman–Crippen LogP) is 2.01. The number of rotatable bonds is 4. The molecule has 0 bridgehead atoms. The van der Waals surface area contributed by atoms with Gasteiger partial charge in [-0.25, -0.2) is 14.5 Å². The zero-order valence-electron chi connectivity index (χ0n) is 14.4. The Hall–Kier alpha value is -2.90. The minimum Gasteiger partial charge on any atom is -0.465 e. The fourth-order valence-electron chi connectivity index (χ4n) is 3.57. The third kappa shape index (κ3) is 3.26. The predicted molar refractivity (Wildman–Crippen MR) is 93.2 cm³/mol. The molecule has 1 aromatic carbocycles. The van der Waals surface area contributed by atoms with Crippen molar-refractivity contribution < 1.29 is 14.7 Å². The van der Waals surface area contributed by atoms with E-state index in [9.17, 15) is 9.59 Å². The highest BCUT2D eigenvalue weighted by Crippen LogP contribution is 2.33. The summed E-state index contributed by atoms with van der Waals surface area (Å²) < 4.78 is 1.65. The summed E-state index contributed by atoms with van der Waals surface area (Å²) in [5.74, 6) is 0.0337. The average molecular weight is 355 g/mol. The average Bonchev–Trinajstić information content (AvgIpc) is 3.34. The largest absolute Gasteiger partial charge is 0.465 e. The molecule has 1 saturated heterocycles. The van der Waals surface area contributed by atoms with E-state index in [0.717, 1.165) is 18.5 Å². The zero-order valence-corrected chi connectivity index (χ0v) is 14.4. The monoisotopic (exact) mass is 355 g/mol. The molecule has 0 radical (unpaired) electrons. The third-order valence-electron chi connectivity index (χ3n) is 5.10. The van der Waals surface area contributed by atoms with Crippen LogP contribution in [0, 0.1) is 0 Å². The van der Waals surface area contributed by atoms with Gasteiger partial charge in [0.1, 0.15) is 12.7 Å². The fourth-order valence-corrected chi connectivity index (χ4v) is 3.57. The Balaban J connectivity index is 1.48. The summed E-state index contributed by atoms with van der Waals surface area (Å²) in [7, 11) is 0. The molecule has 0 unspecified atom stereocenters. The highest BCUT2D eigenvalue weighted by atomic mass is 16.4. The van der Waals surface area contributed by atoms with Gasteiger partial charge in [-0.3, -0.25) is 4.79 Å². The maximum Gasteiger partial charge on any atom is 0.407 e. The normalized spacial score (nSPS) is 17.9. The van der Waals surface area contributed by atoms with Crippen LogP contribution in [0.5, 0.6) is 0 Å². The molecule has 1 saturated carbocycles. The van der Waals surface area contributed by atoms with Gasteiger partial charge in [-0.1, -0.05) is 0 Å². The van der Waals surface area contributed by atoms with Crippen molar-refractivity contribution in [1.29, 1.82) is 0 Å². The highest BCUT2D eigenvalue weighted by Gasteiger charge is 2.39. The van der Waals surface area contributed by atoms with Gasteiger partial charge < -0.3 is 14.9 Å². The van der Waals surface area contributed by atoms with Gasteiger partial charge in [-0.05, 0) is 49.9 Å². The number of piperidine rings is 1. The second kappa shape index (κ2) is 6.78. The molecule has 0 spiro atoms. The van der Waals surface area contributed by atoms with E-state index in [0.29, 0.717) is 37.5 Å². The van der Waals surface area contributed by atoms with E-state index in [1.807, 2.05) is 29.2 Å². The zero-order chi connectivity index (χ0) is 18.1. The van der Waals surface area contributed by atoms with Crippen LogP contribution in [0.15, 0.2) is 36.9 Å². The number of carboxylic acid groups (broad SMARTS) is 1. The van der Waals surface area contributed by atoms with E-state index < -0.39 is 6.09 Å². The SMILES string of the molecule is O=C(O)N1CCC(N(C(=O)c2ccc(-n3cncn3)cc2)C2CC2)CC1. The van der Waals surface area contributed by atoms with Crippen LogP contribution in [0.25, 0.3) is 5.69 Å². The van der Waals surface area contributed by atoms with Crippen LogP contribution < -0.4 is 0 Å². The van der Waals surface area contributed by atoms with Gasteiger partial charge in [0.25, 0.3) is 5.91 Å². The van der Waals surface area contributed by atoms with Gasteiger partial charge in [0.05, 0.1) is 5.69 Å². The molecule has 136 valence electrons. The number of carbonyl (C=O) groups excluding carboxylic acids is 1. The van der Waals surface area contributed by atoms with Crippen molar-refractivity contribution in [3.63, 3.8) is 0 Å². The van der Waals surface area contributed by atoms with E-state index in [-0.39, 0.29) is 11.9 Å². The summed E-state index contributed by atoms with van der Waals surface area (Å²) >= 11 is 0. The molecule has 1 N–H and O–H groups in total. The summed E-state index contributed by atoms with van der Waals surface area (Å²) in [6.07, 6.45) is 5.67. The van der Waals surface area contributed by atoms with Gasteiger partial charge in [0.15, 0.2) is 0 Å². The summed E-state index contributed by atoms with van der Waals surface area (Å²) in [6.45, 7) is 0.976. The molecule has 2 fully saturated rings. The Kier molecular flexibility index (Phi) is 4.32. The van der Waals surface area contributed by atoms with Gasteiger partial charge in [0, 0.05) is 30.7 Å². The minimum absolute atomic E-state index is 0.0337. The van der Waals surface area contributed by atoms with Crippen LogP contribution in [-0.4, -0.2) is 66.8 Å². The number of nitrogens with zero attached hydrogens (tertiary/aromatic N) is 5. The van der Waals surface area contributed by atoms with Crippen molar-refractivity contribution >= 4 is 12.0 Å². The third-order valence-corrected chi connectivity index (χ3v) is 5.10. The maximum absolute atomic E-state index is 13.1. The van der Waals surface area contributed by atoms with Crippen molar-refractivity contribution in [3.8, 4) is 5.69 Å². The van der Waals surface area contributed by atoms with Crippen LogP contribution in [0.4, 0.5) is 4.79 Å². The number of hydrogen-bond acceptors (Lipinski definition) is 4. The van der Waals surface area contributed by atoms with E-state index in [1.54, 1.807) is 11.0 Å². The lowest BCUT2D eigenvalue weighted by atomic mass is 10.0. The van der Waals surface area contributed by atoms with Crippen LogP contribution in [0.3, 0.4) is 0 Å². The second-order valence-corrected chi connectivity index (χ2v) is 6.83. The van der Waals surface area contributed by atoms with Crippen molar-refractivity contribution in [2.75, 3.05) is 13.1 Å². The molecule has 0 atom stereocenters. The van der Waals surface area contributed by atoms with E-state index in [4.69, 9.17) is 5.11 Å². The van der Waals surface area contributed by atoms with Crippen LogP contribution in [0.2, 0.25) is 0 Å². The summed E-state index contributed by atoms with van der Waals surface area (Å²) in [5, 5.41) is 13.2. The second-order valence-electron chi connectivity index (χ2n) is 6.83. The molecule has 2 amide bonds. The molecule has 2 aliphatic rings. The Morgan fingerprint density at radius 2 is 1.69 bits per heavy atom. The molecular formula is C18H21N5O3. The molecule has 1 aliphatic carbocycles. The highest BCUT2D eigenvalue weighted by molar-refractivity contribution is 5.95. The van der Waals surface area contributed by atoms with Crippen LogP contribution >= 0.6 is 0 Å². The first-order valence-corrected chi connectivity index (χ1v) is 8.89. The molecule has 8 nitrogen and oxygen atoms in total. The Morgan fingerprint density at radius 1 is 1.04 bits per heavy atom. The van der Waals surface area contributed by atoms with Crippen LogP contribution in [-0.2, 0) is 0 Å². The van der Waals surface area contributed by atoms with Gasteiger partial charge in [-0.2, -0.15) is 5.10 Å². The summed E-state index contributed by atoms with van der Waals surface area (Å²) in [5.41, 5.74) is 1.51. The molecule has 1 aromatic heterocycles. The first kappa shape index (κ1) is 16.6. The number of likely N-dealkylation sites (tertiary alicyclic amines) is 1. The molecule has 2 aromatic rings. The first-order valence-electron chi connectivity index (χ1n) is 8.89. The van der Waals surface area contributed by atoms with Crippen LogP contribution in [0.1, 0.15) is 36.0 Å². The fraction of sp³-hybridized carbons (Fsp3) is 0.444. The molecule has 4 rings (SSSR count). The summed E-state index contributed by atoms with van der Waals surface area (Å²) in [6, 6.07) is 7.77. The summed E-state index contributed by atoms with van der Waals surface area (Å²) in [4.78, 5) is 31.5. The Bertz CT molecular complexity index is 778. The number of amides is 2. The van der Waals surface area contributed by atoms with Gasteiger partial charge in [0.2, 0.25) is 0 Å². The first-order chi connectivity index (χ1) is 12.6. The minimum atomic E-state index is -0.878. The number of aromatic nitrogens is 3. The van der Waals surface area contributed by atoms with Crippen molar-refractivity contribution in [1.82, 2.24) is 24.6 Å². The maximum atomic E-state index is 13.1. The smallest absolute Gasteiger partial charge is 0.407 e. The lowest BCUT2D eigenvalue weighted by Crippen LogP contribution is -2.49. The number of benzene rings is 1. The topological polar surface area (TPSA) is 91.6 Å². The molecule has 26 heavy (non-hydrogen) atoms. The molecular weight excluding hydrogens is 334 g/mol. The standard InChI is InChI=1S/C18H21N5O3/c24-17(13-1-3-14(4-2-13)22-12-19-11-20-22)23(15-5-6-15)16-7-9-21(10-8-16)18(25)26/h1-4,11-12,15-16H,5-10H2,(H,25,26). The van der Waals surface area contributed by atoms with E-state index in [2.05, 4.69) is 10.1 Å². The molecule has 1 aliphatic heterocycles.